The molecule has 0 saturated heterocycles. The second-order valence-corrected chi connectivity index (χ2v) is 16.8. The van der Waals surface area contributed by atoms with Crippen LogP contribution in [0, 0.1) is 11.8 Å². The fourth-order valence-electron chi connectivity index (χ4n) is 4.34. The summed E-state index contributed by atoms with van der Waals surface area (Å²) in [4.78, 5) is 32.9. The molecule has 10 nitrogen and oxygen atoms in total. The molecule has 38 heavy (non-hydrogen) atoms. The summed E-state index contributed by atoms with van der Waals surface area (Å²) < 4.78 is 19.8. The van der Waals surface area contributed by atoms with Crippen LogP contribution in [0.4, 0.5) is 5.82 Å². The highest BCUT2D eigenvalue weighted by atomic mass is 28.3. The Balaban J connectivity index is 1.49. The standard InChI is InChI=1S/C27H34N4O6Si/c1-35-26-23(21(9-10-28-26)37-16-5-6-16)20-14-31(15-36-11-12-38(2,3)4)24-17(20)7-8-22(29-24)30-25(32)18-13-19(18)27(33)34/h7-10,14,16,18-19H,5-6,11-13,15H2,1-4H3,(H,33,34)(H,29,30,32). The molecular formula is C27H34N4O6Si. The molecule has 0 bridgehead atoms. The molecule has 2 fully saturated rings. The third-order valence-electron chi connectivity index (χ3n) is 6.80. The van der Waals surface area contributed by atoms with Crippen LogP contribution >= 0.6 is 0 Å². The normalized spacial score (nSPS) is 18.8. The number of fused-ring (bicyclic) bond motifs is 1. The fraction of sp³-hybridized carbons (Fsp3) is 0.481. The van der Waals surface area contributed by atoms with E-state index in [0.29, 0.717) is 36.1 Å². The second-order valence-electron chi connectivity index (χ2n) is 11.2. The van der Waals surface area contributed by atoms with Gasteiger partial charge in [-0.15, -0.1) is 0 Å². The molecule has 3 heterocycles. The largest absolute Gasteiger partial charge is 0.490 e. The van der Waals surface area contributed by atoms with Crippen molar-refractivity contribution in [2.45, 2.75) is 57.8 Å². The predicted octanol–water partition coefficient (Wildman–Crippen LogP) is 4.62. The number of carboxylic acid groups (broad SMARTS) is 1. The van der Waals surface area contributed by atoms with Crippen LogP contribution in [0.2, 0.25) is 25.7 Å². The molecular weight excluding hydrogens is 504 g/mol. The number of hydrogen-bond acceptors (Lipinski definition) is 7. The molecule has 1 amide bonds. The smallest absolute Gasteiger partial charge is 0.307 e. The molecule has 0 aliphatic heterocycles. The molecule has 2 aliphatic carbocycles. The molecule has 202 valence electrons. The van der Waals surface area contributed by atoms with E-state index in [4.69, 9.17) is 24.3 Å². The Morgan fingerprint density at radius 1 is 1.18 bits per heavy atom. The molecule has 2 saturated carbocycles. The van der Waals surface area contributed by atoms with E-state index in [9.17, 15) is 9.59 Å². The summed E-state index contributed by atoms with van der Waals surface area (Å²) in [6.07, 6.45) is 6.21. The van der Waals surface area contributed by atoms with E-state index in [-0.39, 0.29) is 18.7 Å². The molecule has 3 aromatic rings. The lowest BCUT2D eigenvalue weighted by Crippen LogP contribution is -2.22. The number of hydrogen-bond donors (Lipinski definition) is 2. The second kappa shape index (κ2) is 10.4. The van der Waals surface area contributed by atoms with Gasteiger partial charge in [-0.2, -0.15) is 0 Å². The molecule has 3 aromatic heterocycles. The van der Waals surface area contributed by atoms with Gasteiger partial charge in [0.25, 0.3) is 0 Å². The van der Waals surface area contributed by atoms with Gasteiger partial charge in [0.05, 0.1) is 30.6 Å². The zero-order chi connectivity index (χ0) is 27.0. The van der Waals surface area contributed by atoms with Gasteiger partial charge >= 0.3 is 5.97 Å². The summed E-state index contributed by atoms with van der Waals surface area (Å²) in [6, 6.07) is 6.50. The maximum absolute atomic E-state index is 12.6. The highest BCUT2D eigenvalue weighted by molar-refractivity contribution is 6.76. The zero-order valence-corrected chi connectivity index (χ0v) is 23.2. The highest BCUT2D eigenvalue weighted by Crippen LogP contribution is 2.43. The number of ether oxygens (including phenoxy) is 3. The number of amides is 1. The lowest BCUT2D eigenvalue weighted by atomic mass is 10.1. The Labute approximate surface area is 222 Å². The van der Waals surface area contributed by atoms with Crippen molar-refractivity contribution in [2.75, 3.05) is 19.0 Å². The van der Waals surface area contributed by atoms with Gasteiger partial charge in [0, 0.05) is 38.0 Å². The van der Waals surface area contributed by atoms with E-state index in [0.717, 1.165) is 35.4 Å². The number of pyridine rings is 2. The fourth-order valence-corrected chi connectivity index (χ4v) is 5.10. The number of nitrogens with zero attached hydrogens (tertiary/aromatic N) is 3. The molecule has 2 unspecified atom stereocenters. The lowest BCUT2D eigenvalue weighted by molar-refractivity contribution is -0.139. The van der Waals surface area contributed by atoms with Crippen LogP contribution in [0.3, 0.4) is 0 Å². The van der Waals surface area contributed by atoms with Crippen molar-refractivity contribution in [3.05, 3.63) is 30.6 Å². The lowest BCUT2D eigenvalue weighted by Gasteiger charge is -2.15. The summed E-state index contributed by atoms with van der Waals surface area (Å²) in [6.45, 7) is 7.85. The first-order valence-electron chi connectivity index (χ1n) is 13.0. The minimum Gasteiger partial charge on any atom is -0.490 e. The number of carboxylic acids is 1. The Morgan fingerprint density at radius 2 is 1.97 bits per heavy atom. The maximum Gasteiger partial charge on any atom is 0.307 e. The van der Waals surface area contributed by atoms with Crippen molar-refractivity contribution in [1.29, 1.82) is 0 Å². The van der Waals surface area contributed by atoms with Crippen LogP contribution in [0.25, 0.3) is 22.2 Å². The Kier molecular flexibility index (Phi) is 7.15. The summed E-state index contributed by atoms with van der Waals surface area (Å²) >= 11 is 0. The van der Waals surface area contributed by atoms with Crippen LogP contribution in [-0.4, -0.2) is 59.4 Å². The molecule has 2 aliphatic rings. The number of aliphatic carboxylic acids is 1. The zero-order valence-electron chi connectivity index (χ0n) is 22.2. The van der Waals surface area contributed by atoms with E-state index in [1.54, 1.807) is 19.4 Å². The Bertz CT molecular complexity index is 1360. The van der Waals surface area contributed by atoms with Gasteiger partial charge in [0.15, 0.2) is 0 Å². The summed E-state index contributed by atoms with van der Waals surface area (Å²) in [5.41, 5.74) is 2.21. The summed E-state index contributed by atoms with van der Waals surface area (Å²) in [5.74, 6) is -0.924. The van der Waals surface area contributed by atoms with Crippen LogP contribution in [0.1, 0.15) is 19.3 Å². The van der Waals surface area contributed by atoms with Crippen LogP contribution < -0.4 is 14.8 Å². The Morgan fingerprint density at radius 3 is 2.63 bits per heavy atom. The molecule has 5 rings (SSSR count). The number of carbonyl (C=O) groups excluding carboxylic acids is 1. The monoisotopic (exact) mass is 538 g/mol. The van der Waals surface area contributed by atoms with Crippen molar-refractivity contribution in [1.82, 2.24) is 14.5 Å². The van der Waals surface area contributed by atoms with E-state index in [2.05, 4.69) is 29.9 Å². The molecule has 11 heteroatoms. The molecule has 0 aromatic carbocycles. The third-order valence-corrected chi connectivity index (χ3v) is 8.51. The Hall–Kier alpha value is -3.44. The number of rotatable bonds is 12. The van der Waals surface area contributed by atoms with Crippen molar-refractivity contribution in [3.63, 3.8) is 0 Å². The average Bonchev–Trinajstić information content (AvgIpc) is 3.79. The number of nitrogens with one attached hydrogen (secondary N) is 1. The number of aromatic nitrogens is 3. The minimum absolute atomic E-state index is 0.191. The van der Waals surface area contributed by atoms with Gasteiger partial charge in [-0.3, -0.25) is 9.59 Å². The first-order chi connectivity index (χ1) is 18.1. The van der Waals surface area contributed by atoms with Crippen molar-refractivity contribution < 1.29 is 28.9 Å². The van der Waals surface area contributed by atoms with Crippen molar-refractivity contribution >= 4 is 36.8 Å². The van der Waals surface area contributed by atoms with Gasteiger partial charge in [-0.05, 0) is 43.5 Å². The van der Waals surface area contributed by atoms with Gasteiger partial charge in [0.1, 0.15) is 23.9 Å². The van der Waals surface area contributed by atoms with Crippen molar-refractivity contribution in [2.24, 2.45) is 11.8 Å². The van der Waals surface area contributed by atoms with E-state index < -0.39 is 25.9 Å². The minimum atomic E-state index is -1.25. The van der Waals surface area contributed by atoms with Gasteiger partial charge < -0.3 is 29.2 Å². The first-order valence-corrected chi connectivity index (χ1v) is 16.7. The average molecular weight is 539 g/mol. The third kappa shape index (κ3) is 5.83. The molecule has 2 atom stereocenters. The van der Waals surface area contributed by atoms with Crippen LogP contribution in [0.5, 0.6) is 11.6 Å². The van der Waals surface area contributed by atoms with E-state index in [1.807, 2.05) is 22.9 Å². The van der Waals surface area contributed by atoms with Crippen LogP contribution in [-0.2, 0) is 21.1 Å². The molecule has 2 N–H and O–H groups in total. The number of methoxy groups -OCH3 is 1. The maximum atomic E-state index is 12.6. The molecule has 0 radical (unpaired) electrons. The molecule has 0 spiro atoms. The van der Waals surface area contributed by atoms with Gasteiger partial charge in [-0.1, -0.05) is 19.6 Å². The predicted molar refractivity (Wildman–Crippen MR) is 145 cm³/mol. The first kappa shape index (κ1) is 26.2. The quantitative estimate of drug-likeness (QED) is 0.253. The van der Waals surface area contributed by atoms with E-state index in [1.165, 1.54) is 0 Å². The SMILES string of the molecule is COc1nccc(OC2CC2)c1-c1cn(COCC[Si](C)(C)C)c2nc(NC(=O)C3CC3C(=O)O)ccc12. The topological polar surface area (TPSA) is 125 Å². The summed E-state index contributed by atoms with van der Waals surface area (Å²) in [5, 5.41) is 12.8. The number of carbonyl (C=O) groups is 2. The number of anilines is 1. The highest BCUT2D eigenvalue weighted by Gasteiger charge is 2.48. The van der Waals surface area contributed by atoms with E-state index >= 15 is 0 Å². The van der Waals surface area contributed by atoms with Gasteiger partial charge in [0.2, 0.25) is 11.8 Å². The summed E-state index contributed by atoms with van der Waals surface area (Å²) in [7, 11) is 0.330. The van der Waals surface area contributed by atoms with Gasteiger partial charge in [-0.25, -0.2) is 9.97 Å². The van der Waals surface area contributed by atoms with Crippen LogP contribution in [0.15, 0.2) is 30.6 Å². The van der Waals surface area contributed by atoms with Crippen molar-refractivity contribution in [3.8, 4) is 22.8 Å².